The number of aliphatic hydroxyl groups excluding tert-OH is 3. The van der Waals surface area contributed by atoms with Crippen molar-refractivity contribution in [2.45, 2.75) is 20.8 Å². The molecule has 0 aliphatic carbocycles. The van der Waals surface area contributed by atoms with Crippen LogP contribution in [0.5, 0.6) is 0 Å². The number of nitrogens with one attached hydrogen (secondary N) is 3. The van der Waals surface area contributed by atoms with Gasteiger partial charge in [0.1, 0.15) is 0 Å². The Labute approximate surface area is 211 Å². The van der Waals surface area contributed by atoms with Crippen molar-refractivity contribution in [1.29, 1.82) is 0 Å². The van der Waals surface area contributed by atoms with Gasteiger partial charge in [0.05, 0.1) is 19.8 Å². The number of ether oxygens (including phenoxy) is 3. The smallest absolute Gasteiger partial charge is 0.187 e. The van der Waals surface area contributed by atoms with Gasteiger partial charge in [-0.15, -0.1) is 0 Å². The second-order valence-corrected chi connectivity index (χ2v) is 6.18. The first-order chi connectivity index (χ1) is 15.5. The molecular formula is C21H39FeN3O9. The number of hydrogen-bond acceptors (Lipinski definition) is 12. The van der Waals surface area contributed by atoms with Crippen LogP contribution in [0.4, 0.5) is 0 Å². The molecule has 0 unspecified atom stereocenters. The average molecular weight is 533 g/mol. The monoisotopic (exact) mass is 533 g/mol. The molecule has 13 heteroatoms. The van der Waals surface area contributed by atoms with Gasteiger partial charge in [0, 0.05) is 76.3 Å². The van der Waals surface area contributed by atoms with E-state index >= 15 is 0 Å². The van der Waals surface area contributed by atoms with Gasteiger partial charge in [-0.2, -0.15) is 0 Å². The summed E-state index contributed by atoms with van der Waals surface area (Å²) >= 11 is 0. The molecule has 0 saturated heterocycles. The largest absolute Gasteiger partial charge is 0.495 e. The number of allylic oxidation sites excluding steroid dienone is 3. The SMILES string of the molecule is COCCN/C(O)=C/C(C)=O.COCCNC(O)=CC(C)=O.COCCNC(O)=CC(C)=O.[Fe]. The van der Waals surface area contributed by atoms with Crippen molar-refractivity contribution in [1.82, 2.24) is 16.0 Å². The van der Waals surface area contributed by atoms with E-state index in [0.717, 1.165) is 18.2 Å². The molecule has 0 amide bonds. The molecule has 12 nitrogen and oxygen atoms in total. The van der Waals surface area contributed by atoms with Crippen LogP contribution in [0.25, 0.3) is 0 Å². The fraction of sp³-hybridized carbons (Fsp3) is 0.571. The predicted molar refractivity (Wildman–Crippen MR) is 124 cm³/mol. The van der Waals surface area contributed by atoms with Gasteiger partial charge in [-0.1, -0.05) is 0 Å². The van der Waals surface area contributed by atoms with Gasteiger partial charge in [-0.05, 0) is 20.8 Å². The van der Waals surface area contributed by atoms with E-state index < -0.39 is 0 Å². The maximum Gasteiger partial charge on any atom is 0.187 e. The summed E-state index contributed by atoms with van der Waals surface area (Å²) in [6.45, 7) is 7.07. The van der Waals surface area contributed by atoms with Crippen LogP contribution in [0.3, 0.4) is 0 Å². The Kier molecular flexibility index (Phi) is 32.4. The van der Waals surface area contributed by atoms with E-state index in [2.05, 4.69) is 16.0 Å². The maximum atomic E-state index is 10.4. The van der Waals surface area contributed by atoms with E-state index in [0.29, 0.717) is 39.5 Å². The summed E-state index contributed by atoms with van der Waals surface area (Å²) in [4.78, 5) is 31.1. The zero-order valence-electron chi connectivity index (χ0n) is 20.6. The summed E-state index contributed by atoms with van der Waals surface area (Å²) in [6.07, 6.45) is 3.36. The molecule has 0 aromatic carbocycles. The van der Waals surface area contributed by atoms with Gasteiger partial charge in [-0.3, -0.25) is 14.4 Å². The molecule has 0 fully saturated rings. The summed E-state index contributed by atoms with van der Waals surface area (Å²) in [5.74, 6) is -0.911. The van der Waals surface area contributed by atoms with Crippen LogP contribution in [-0.2, 0) is 45.7 Å². The fourth-order valence-corrected chi connectivity index (χ4v) is 1.57. The van der Waals surface area contributed by atoms with E-state index in [1.165, 1.54) is 20.8 Å². The number of ketones is 3. The molecule has 0 saturated carbocycles. The van der Waals surface area contributed by atoms with Gasteiger partial charge >= 0.3 is 0 Å². The number of aliphatic hydroxyl groups is 3. The van der Waals surface area contributed by atoms with Crippen molar-refractivity contribution in [3.05, 3.63) is 35.9 Å². The second kappa shape index (κ2) is 28.5. The maximum absolute atomic E-state index is 10.4. The van der Waals surface area contributed by atoms with Gasteiger partial charge in [0.15, 0.2) is 35.0 Å². The van der Waals surface area contributed by atoms with Crippen LogP contribution < -0.4 is 16.0 Å². The van der Waals surface area contributed by atoms with Crippen LogP contribution in [-0.4, -0.2) is 93.5 Å². The molecule has 0 heterocycles. The van der Waals surface area contributed by atoms with Gasteiger partial charge in [0.25, 0.3) is 0 Å². The Bertz CT molecular complexity index is 553. The van der Waals surface area contributed by atoms with Crippen LogP contribution >= 0.6 is 0 Å². The number of carbonyl (C=O) groups is 3. The van der Waals surface area contributed by atoms with Crippen molar-refractivity contribution < 1.29 is 61.0 Å². The Balaban J connectivity index is -0.000000196. The topological polar surface area (TPSA) is 176 Å². The molecule has 0 bridgehead atoms. The van der Waals surface area contributed by atoms with Crippen molar-refractivity contribution in [2.24, 2.45) is 0 Å². The summed E-state index contributed by atoms with van der Waals surface area (Å²) in [7, 11) is 4.69. The molecule has 6 N–H and O–H groups in total. The zero-order valence-corrected chi connectivity index (χ0v) is 21.7. The van der Waals surface area contributed by atoms with Crippen LogP contribution in [0.15, 0.2) is 35.9 Å². The van der Waals surface area contributed by atoms with Gasteiger partial charge in [-0.25, -0.2) is 0 Å². The summed E-state index contributed by atoms with van der Waals surface area (Å²) in [5, 5.41) is 34.5. The average Bonchev–Trinajstić information content (AvgIpc) is 2.68. The van der Waals surface area contributed by atoms with Crippen molar-refractivity contribution in [3.8, 4) is 0 Å². The van der Waals surface area contributed by atoms with Crippen molar-refractivity contribution >= 4 is 17.3 Å². The summed E-state index contributed by atoms with van der Waals surface area (Å²) in [5.41, 5.74) is 0. The Hall–Kier alpha value is -2.57. The molecule has 0 aliphatic rings. The minimum Gasteiger partial charge on any atom is -0.495 e. The van der Waals surface area contributed by atoms with Crippen molar-refractivity contribution in [2.75, 3.05) is 60.8 Å². The summed E-state index contributed by atoms with van der Waals surface area (Å²) < 4.78 is 14.1. The Morgan fingerprint density at radius 2 is 0.794 bits per heavy atom. The summed E-state index contributed by atoms with van der Waals surface area (Å²) in [6, 6.07) is 0. The molecule has 0 rings (SSSR count). The second-order valence-electron chi connectivity index (χ2n) is 6.18. The molecule has 34 heavy (non-hydrogen) atoms. The fourth-order valence-electron chi connectivity index (χ4n) is 1.57. The van der Waals surface area contributed by atoms with Gasteiger partial charge in [0.2, 0.25) is 0 Å². The zero-order chi connectivity index (χ0) is 26.1. The van der Waals surface area contributed by atoms with E-state index in [9.17, 15) is 14.4 Å². The van der Waals surface area contributed by atoms with Crippen LogP contribution in [0, 0.1) is 0 Å². The molecule has 0 aliphatic heterocycles. The third kappa shape index (κ3) is 39.9. The Morgan fingerprint density at radius 3 is 0.941 bits per heavy atom. The third-order valence-corrected chi connectivity index (χ3v) is 2.86. The number of carbonyl (C=O) groups excluding carboxylic acids is 3. The first-order valence-electron chi connectivity index (χ1n) is 9.92. The minimum absolute atomic E-state index is 0. The number of rotatable bonds is 15. The number of methoxy groups -OCH3 is 3. The first-order valence-corrected chi connectivity index (χ1v) is 9.92. The standard InChI is InChI=1S/3C7H13NO3.Fe/c3*1-6(9)5-7(10)8-3-4-11-2;/h3*5,8,10H,3-4H2,1-2H3;/b7-5-;;;. The van der Waals surface area contributed by atoms with E-state index in [1.807, 2.05) is 0 Å². The van der Waals surface area contributed by atoms with Gasteiger partial charge < -0.3 is 45.5 Å². The quantitative estimate of drug-likeness (QED) is 0.0751. The molecular weight excluding hydrogens is 494 g/mol. The van der Waals surface area contributed by atoms with Crippen LogP contribution in [0.1, 0.15) is 20.8 Å². The molecule has 0 spiro atoms. The van der Waals surface area contributed by atoms with E-state index in [4.69, 9.17) is 29.5 Å². The van der Waals surface area contributed by atoms with E-state index in [-0.39, 0.29) is 52.1 Å². The minimum atomic E-state index is -0.188. The first kappa shape index (κ1) is 38.7. The molecule has 0 aromatic rings. The third-order valence-electron chi connectivity index (χ3n) is 2.86. The predicted octanol–water partition coefficient (Wildman–Crippen LogP) is 0.630. The number of hydrogen-bond donors (Lipinski definition) is 6. The Morgan fingerprint density at radius 1 is 0.588 bits per heavy atom. The molecule has 0 radical (unpaired) electrons. The molecule has 200 valence electrons. The normalized spacial score (nSPS) is 10.9. The van der Waals surface area contributed by atoms with Crippen molar-refractivity contribution in [3.63, 3.8) is 0 Å². The molecule has 0 atom stereocenters. The van der Waals surface area contributed by atoms with E-state index in [1.54, 1.807) is 21.3 Å². The molecule has 0 aromatic heterocycles. The van der Waals surface area contributed by atoms with Crippen LogP contribution in [0.2, 0.25) is 0 Å².